The maximum Gasteiger partial charge on any atom is 0.0946 e. The minimum absolute atomic E-state index is 0.129. The highest BCUT2D eigenvalue weighted by Gasteiger charge is 2.38. The van der Waals surface area contributed by atoms with Crippen LogP contribution in [0.15, 0.2) is 0 Å². The predicted octanol–water partition coefficient (Wildman–Crippen LogP) is 3.63. The molecule has 1 aliphatic carbocycles. The summed E-state index contributed by atoms with van der Waals surface area (Å²) in [5.74, 6) is 0.696. The van der Waals surface area contributed by atoms with Crippen LogP contribution in [0.5, 0.6) is 0 Å². The van der Waals surface area contributed by atoms with Crippen LogP contribution in [0.25, 0.3) is 0 Å². The normalized spacial score (nSPS) is 29.2. The van der Waals surface area contributed by atoms with E-state index in [1.165, 1.54) is 11.3 Å². The molecule has 1 aromatic rings. The quantitative estimate of drug-likeness (QED) is 0.783. The van der Waals surface area contributed by atoms with E-state index in [9.17, 15) is 5.26 Å². The second-order valence-electron chi connectivity index (χ2n) is 5.17. The average Bonchev–Trinajstić information content (AvgIpc) is 2.73. The van der Waals surface area contributed by atoms with Gasteiger partial charge in [0.2, 0.25) is 0 Å². The van der Waals surface area contributed by atoms with Crippen molar-refractivity contribution in [2.24, 2.45) is 11.3 Å². The number of rotatable bonds is 2. The first kappa shape index (κ1) is 11.6. The number of nitriles is 1. The third kappa shape index (κ3) is 2.12. The molecule has 0 spiro atoms. The minimum Gasteiger partial charge on any atom is -0.246 e. The Kier molecular flexibility index (Phi) is 3.03. The first-order chi connectivity index (χ1) is 7.54. The van der Waals surface area contributed by atoms with E-state index in [-0.39, 0.29) is 5.41 Å². The second-order valence-corrected chi connectivity index (χ2v) is 6.45. The molecular formula is C13H18N2S. The SMILES string of the molecule is Cc1nc(CC2(C#N)CCC(C)C2)sc1C. The van der Waals surface area contributed by atoms with Gasteiger partial charge in [0, 0.05) is 11.3 Å². The van der Waals surface area contributed by atoms with E-state index >= 15 is 0 Å². The van der Waals surface area contributed by atoms with Gasteiger partial charge in [-0.25, -0.2) is 4.98 Å². The second kappa shape index (κ2) is 4.18. The van der Waals surface area contributed by atoms with Gasteiger partial charge in [0.15, 0.2) is 0 Å². The predicted molar refractivity (Wildman–Crippen MR) is 66.4 cm³/mol. The molecular weight excluding hydrogens is 216 g/mol. The largest absolute Gasteiger partial charge is 0.246 e. The van der Waals surface area contributed by atoms with Crippen molar-refractivity contribution in [3.05, 3.63) is 15.6 Å². The molecule has 0 amide bonds. The van der Waals surface area contributed by atoms with Gasteiger partial charge >= 0.3 is 0 Å². The van der Waals surface area contributed by atoms with Crippen molar-refractivity contribution in [3.8, 4) is 6.07 Å². The molecule has 0 aliphatic heterocycles. The molecule has 2 rings (SSSR count). The van der Waals surface area contributed by atoms with E-state index in [1.807, 2.05) is 6.92 Å². The van der Waals surface area contributed by atoms with E-state index in [4.69, 9.17) is 0 Å². The molecule has 0 N–H and O–H groups in total. The van der Waals surface area contributed by atoms with Crippen molar-refractivity contribution in [3.63, 3.8) is 0 Å². The van der Waals surface area contributed by atoms with Gasteiger partial charge in [-0.15, -0.1) is 11.3 Å². The van der Waals surface area contributed by atoms with Gasteiger partial charge in [-0.2, -0.15) is 5.26 Å². The smallest absolute Gasteiger partial charge is 0.0946 e. The summed E-state index contributed by atoms with van der Waals surface area (Å²) in [7, 11) is 0. The molecule has 0 radical (unpaired) electrons. The van der Waals surface area contributed by atoms with Gasteiger partial charge in [-0.1, -0.05) is 6.92 Å². The Balaban J connectivity index is 2.17. The lowest BCUT2D eigenvalue weighted by atomic mass is 9.84. The molecule has 1 fully saturated rings. The molecule has 0 saturated heterocycles. The maximum atomic E-state index is 9.40. The third-order valence-corrected chi connectivity index (χ3v) is 4.73. The molecule has 2 unspecified atom stereocenters. The molecule has 1 aliphatic rings. The van der Waals surface area contributed by atoms with Gasteiger partial charge in [0.1, 0.15) is 0 Å². The first-order valence-electron chi connectivity index (χ1n) is 5.89. The summed E-state index contributed by atoms with van der Waals surface area (Å²) >= 11 is 1.75. The van der Waals surface area contributed by atoms with Crippen molar-refractivity contribution in [2.45, 2.75) is 46.5 Å². The fraction of sp³-hybridized carbons (Fsp3) is 0.692. The zero-order chi connectivity index (χ0) is 11.8. The van der Waals surface area contributed by atoms with Crippen molar-refractivity contribution in [1.82, 2.24) is 4.98 Å². The van der Waals surface area contributed by atoms with Gasteiger partial charge in [0.05, 0.1) is 22.2 Å². The lowest BCUT2D eigenvalue weighted by Gasteiger charge is -2.18. The summed E-state index contributed by atoms with van der Waals surface area (Å²) in [6, 6.07) is 2.55. The van der Waals surface area contributed by atoms with E-state index < -0.39 is 0 Å². The van der Waals surface area contributed by atoms with E-state index in [2.05, 4.69) is 24.9 Å². The van der Waals surface area contributed by atoms with Crippen molar-refractivity contribution in [2.75, 3.05) is 0 Å². The summed E-state index contributed by atoms with van der Waals surface area (Å²) in [6.07, 6.45) is 4.13. The number of hydrogen-bond donors (Lipinski definition) is 0. The molecule has 16 heavy (non-hydrogen) atoms. The average molecular weight is 234 g/mol. The number of nitrogens with zero attached hydrogens (tertiary/aromatic N) is 2. The maximum absolute atomic E-state index is 9.40. The molecule has 1 heterocycles. The van der Waals surface area contributed by atoms with Crippen LogP contribution in [0, 0.1) is 36.5 Å². The van der Waals surface area contributed by atoms with Crippen LogP contribution in [0.4, 0.5) is 0 Å². The summed E-state index contributed by atoms with van der Waals surface area (Å²) in [5.41, 5.74) is 0.995. The molecule has 1 saturated carbocycles. The summed E-state index contributed by atoms with van der Waals surface area (Å²) in [4.78, 5) is 5.85. The van der Waals surface area contributed by atoms with Crippen molar-refractivity contribution >= 4 is 11.3 Å². The molecule has 0 bridgehead atoms. The highest BCUT2D eigenvalue weighted by Crippen LogP contribution is 2.44. The molecule has 2 nitrogen and oxygen atoms in total. The standard InChI is InChI=1S/C13H18N2S/c1-9-4-5-13(6-9,8-14)7-12-15-10(2)11(3)16-12/h9H,4-7H2,1-3H3. The van der Waals surface area contributed by atoms with Crippen molar-refractivity contribution in [1.29, 1.82) is 5.26 Å². The molecule has 0 aromatic carbocycles. The Morgan fingerprint density at radius 2 is 2.31 bits per heavy atom. The van der Waals surface area contributed by atoms with Crippen molar-refractivity contribution < 1.29 is 0 Å². The molecule has 86 valence electrons. The Labute approximate surface area is 101 Å². The molecule has 2 atom stereocenters. The Bertz CT molecular complexity index is 410. The minimum atomic E-state index is -0.129. The lowest BCUT2D eigenvalue weighted by molar-refractivity contribution is 0.390. The van der Waals surface area contributed by atoms with Gasteiger partial charge in [-0.05, 0) is 39.0 Å². The summed E-state index contributed by atoms with van der Waals surface area (Å²) < 4.78 is 0. The Hall–Kier alpha value is -0.880. The van der Waals surface area contributed by atoms with Crippen LogP contribution in [0.1, 0.15) is 41.8 Å². The summed E-state index contributed by atoms with van der Waals surface area (Å²) in [5, 5.41) is 10.5. The van der Waals surface area contributed by atoms with Crippen LogP contribution in [-0.2, 0) is 6.42 Å². The van der Waals surface area contributed by atoms with Crippen LogP contribution in [0.3, 0.4) is 0 Å². The monoisotopic (exact) mass is 234 g/mol. The Morgan fingerprint density at radius 3 is 2.75 bits per heavy atom. The molecule has 1 aromatic heterocycles. The first-order valence-corrected chi connectivity index (χ1v) is 6.70. The van der Waals surface area contributed by atoms with Gasteiger partial charge < -0.3 is 0 Å². The fourth-order valence-corrected chi connectivity index (χ4v) is 3.68. The fourth-order valence-electron chi connectivity index (χ4n) is 2.60. The summed E-state index contributed by atoms with van der Waals surface area (Å²) in [6.45, 7) is 6.40. The van der Waals surface area contributed by atoms with Crippen LogP contribution >= 0.6 is 11.3 Å². The third-order valence-electron chi connectivity index (χ3n) is 3.65. The highest BCUT2D eigenvalue weighted by atomic mass is 32.1. The topological polar surface area (TPSA) is 36.7 Å². The van der Waals surface area contributed by atoms with Gasteiger partial charge in [0.25, 0.3) is 0 Å². The number of aromatic nitrogens is 1. The molecule has 3 heteroatoms. The zero-order valence-corrected chi connectivity index (χ0v) is 11.0. The van der Waals surface area contributed by atoms with E-state index in [1.54, 1.807) is 11.3 Å². The number of aryl methyl sites for hydroxylation is 2. The van der Waals surface area contributed by atoms with Crippen LogP contribution < -0.4 is 0 Å². The highest BCUT2D eigenvalue weighted by molar-refractivity contribution is 7.11. The van der Waals surface area contributed by atoms with Gasteiger partial charge in [-0.3, -0.25) is 0 Å². The van der Waals surface area contributed by atoms with Crippen LogP contribution in [-0.4, -0.2) is 4.98 Å². The van der Waals surface area contributed by atoms with E-state index in [0.29, 0.717) is 5.92 Å². The zero-order valence-electron chi connectivity index (χ0n) is 10.2. The van der Waals surface area contributed by atoms with Crippen LogP contribution in [0.2, 0.25) is 0 Å². The Morgan fingerprint density at radius 1 is 1.56 bits per heavy atom. The number of hydrogen-bond acceptors (Lipinski definition) is 3. The number of thiazole rings is 1. The lowest BCUT2D eigenvalue weighted by Crippen LogP contribution is -2.17. The van der Waals surface area contributed by atoms with E-state index in [0.717, 1.165) is 30.0 Å².